The molecule has 196 valence electrons. The number of ether oxygens (including phenoxy) is 1. The van der Waals surface area contributed by atoms with Crippen LogP contribution in [0, 0.1) is 6.92 Å². The molecule has 2 aromatic carbocycles. The van der Waals surface area contributed by atoms with Crippen molar-refractivity contribution in [1.82, 2.24) is 14.5 Å². The van der Waals surface area contributed by atoms with Gasteiger partial charge in [0.25, 0.3) is 11.5 Å². The highest BCUT2D eigenvalue weighted by atomic mass is 16.5. The van der Waals surface area contributed by atoms with Crippen LogP contribution < -0.4 is 16.6 Å². The molecule has 0 bridgehead atoms. The maximum atomic E-state index is 13.0. The molecule has 11 heteroatoms. The molecule has 2 heterocycles. The summed E-state index contributed by atoms with van der Waals surface area (Å²) >= 11 is 0. The third-order valence-corrected chi connectivity index (χ3v) is 6.87. The molecule has 38 heavy (non-hydrogen) atoms. The van der Waals surface area contributed by atoms with Crippen LogP contribution in [0.2, 0.25) is 0 Å². The lowest BCUT2D eigenvalue weighted by molar-refractivity contribution is -0.0463. The second-order valence-corrected chi connectivity index (χ2v) is 9.29. The number of fused-ring (bicyclic) bond motifs is 2. The minimum atomic E-state index is -0.954. The third-order valence-electron chi connectivity index (χ3n) is 6.87. The van der Waals surface area contributed by atoms with Gasteiger partial charge in [-0.15, -0.1) is 0 Å². The van der Waals surface area contributed by atoms with E-state index in [-0.39, 0.29) is 58.9 Å². The number of carbonyl (C=O) groups is 3. The Labute approximate surface area is 215 Å². The number of amides is 1. The fraction of sp³-hybridized carbons (Fsp3) is 0.296. The number of hydrogen-bond donors (Lipinski definition) is 3. The lowest BCUT2D eigenvalue weighted by Crippen LogP contribution is -2.44. The molecule has 11 nitrogen and oxygen atoms in total. The van der Waals surface area contributed by atoms with Gasteiger partial charge in [0, 0.05) is 59.1 Å². The maximum absolute atomic E-state index is 13.0. The molecule has 3 N–H and O–H groups in total. The van der Waals surface area contributed by atoms with E-state index in [0.717, 1.165) is 4.57 Å². The predicted octanol–water partition coefficient (Wildman–Crippen LogP) is 0.165. The molecule has 3 atom stereocenters. The molecule has 2 aliphatic rings. The Hall–Kier alpha value is -4.19. The van der Waals surface area contributed by atoms with E-state index < -0.39 is 42.2 Å². The number of nitrogens with one attached hydrogen (secondary N) is 1. The summed E-state index contributed by atoms with van der Waals surface area (Å²) in [5.74, 6) is -1.18. The van der Waals surface area contributed by atoms with Crippen LogP contribution in [0.3, 0.4) is 0 Å². The van der Waals surface area contributed by atoms with Crippen molar-refractivity contribution in [2.45, 2.75) is 38.3 Å². The second-order valence-electron chi connectivity index (χ2n) is 9.29. The summed E-state index contributed by atoms with van der Waals surface area (Å²) in [5.41, 5.74) is 0.166. The molecular weight excluding hydrogens is 494 g/mol. The zero-order valence-corrected chi connectivity index (χ0v) is 20.4. The van der Waals surface area contributed by atoms with Crippen LogP contribution >= 0.6 is 0 Å². The van der Waals surface area contributed by atoms with Gasteiger partial charge < -0.3 is 20.3 Å². The number of hydrogen-bond acceptors (Lipinski definition) is 8. The van der Waals surface area contributed by atoms with Gasteiger partial charge in [0.15, 0.2) is 11.6 Å². The normalized spacial score (nSPS) is 20.2. The second kappa shape index (κ2) is 9.93. The van der Waals surface area contributed by atoms with Crippen molar-refractivity contribution < 1.29 is 29.3 Å². The van der Waals surface area contributed by atoms with Crippen molar-refractivity contribution in [2.75, 3.05) is 13.2 Å². The van der Waals surface area contributed by atoms with Crippen molar-refractivity contribution in [3.63, 3.8) is 0 Å². The van der Waals surface area contributed by atoms with E-state index in [4.69, 9.17) is 4.74 Å². The summed E-state index contributed by atoms with van der Waals surface area (Å²) in [4.78, 5) is 64.2. The Morgan fingerprint density at radius 2 is 1.68 bits per heavy atom. The first-order chi connectivity index (χ1) is 18.2. The largest absolute Gasteiger partial charge is 0.394 e. The summed E-state index contributed by atoms with van der Waals surface area (Å²) < 4.78 is 7.71. The Balaban J connectivity index is 1.32. The van der Waals surface area contributed by atoms with Gasteiger partial charge >= 0.3 is 5.69 Å². The van der Waals surface area contributed by atoms with E-state index in [1.807, 2.05) is 0 Å². The zero-order chi connectivity index (χ0) is 27.1. The van der Waals surface area contributed by atoms with Crippen molar-refractivity contribution in [1.29, 1.82) is 0 Å². The van der Waals surface area contributed by atoms with E-state index in [9.17, 15) is 34.2 Å². The van der Waals surface area contributed by atoms with Crippen molar-refractivity contribution in [3.05, 3.63) is 103 Å². The van der Waals surface area contributed by atoms with Crippen molar-refractivity contribution in [3.8, 4) is 0 Å². The van der Waals surface area contributed by atoms with Crippen LogP contribution in [0.15, 0.2) is 58.3 Å². The van der Waals surface area contributed by atoms with Crippen LogP contribution in [0.1, 0.15) is 60.4 Å². The van der Waals surface area contributed by atoms with Crippen molar-refractivity contribution >= 4 is 17.5 Å². The molecule has 0 radical (unpaired) electrons. The van der Waals surface area contributed by atoms with Gasteiger partial charge in [-0.2, -0.15) is 0 Å². The monoisotopic (exact) mass is 519 g/mol. The topological polar surface area (TPSA) is 157 Å². The SMILES string of the molecule is Cc1cn([C@H]2C[C@H](O)[C@@H](CO)O2)c(=O)n(CCNC(=O)c2ccc3c(c2)C(=O)c2ccccc2C3=O)c1=O. The minimum Gasteiger partial charge on any atom is -0.394 e. The quantitative estimate of drug-likeness (QED) is 0.325. The highest BCUT2D eigenvalue weighted by molar-refractivity contribution is 6.28. The Morgan fingerprint density at radius 1 is 1.03 bits per heavy atom. The summed E-state index contributed by atoms with van der Waals surface area (Å²) in [6.45, 7) is 0.912. The van der Waals surface area contributed by atoms with Gasteiger partial charge in [0.05, 0.1) is 12.7 Å². The van der Waals surface area contributed by atoms with Gasteiger partial charge in [-0.3, -0.25) is 28.3 Å². The average molecular weight is 520 g/mol. The number of aryl methyl sites for hydroxylation is 1. The summed E-state index contributed by atoms with van der Waals surface area (Å²) in [7, 11) is 0. The van der Waals surface area contributed by atoms with Crippen LogP contribution in [-0.2, 0) is 11.3 Å². The maximum Gasteiger partial charge on any atom is 0.333 e. The molecule has 0 unspecified atom stereocenters. The molecule has 3 aromatic rings. The smallest absolute Gasteiger partial charge is 0.333 e. The van der Waals surface area contributed by atoms with Crippen LogP contribution in [0.5, 0.6) is 0 Å². The Morgan fingerprint density at radius 3 is 2.34 bits per heavy atom. The molecule has 1 amide bonds. The lowest BCUT2D eigenvalue weighted by Gasteiger charge is -2.18. The van der Waals surface area contributed by atoms with Crippen LogP contribution in [-0.4, -0.2) is 62.2 Å². The minimum absolute atomic E-state index is 0.0718. The summed E-state index contributed by atoms with van der Waals surface area (Å²) in [6.07, 6.45) is -1.22. The number of aromatic nitrogens is 2. The van der Waals surface area contributed by atoms with Gasteiger partial charge in [-0.1, -0.05) is 24.3 Å². The number of rotatable bonds is 6. The molecule has 0 spiro atoms. The van der Waals surface area contributed by atoms with Crippen molar-refractivity contribution in [2.24, 2.45) is 0 Å². The fourth-order valence-corrected chi connectivity index (χ4v) is 4.84. The van der Waals surface area contributed by atoms with E-state index in [0.29, 0.717) is 5.56 Å². The zero-order valence-electron chi connectivity index (χ0n) is 20.4. The standard InChI is InChI=1S/C27H25N3O8/c1-14-12-30(22-11-20(32)21(13-31)38-22)27(37)29(26(14)36)9-8-28-25(35)15-6-7-18-19(10-15)24(34)17-5-3-2-4-16(17)23(18)33/h2-7,10,12,20-22,31-32H,8-9,11,13H2,1H3,(H,28,35)/t20-,21+,22+/m0/s1. The fourth-order valence-electron chi connectivity index (χ4n) is 4.84. The molecule has 1 saturated heterocycles. The molecular formula is C27H25N3O8. The van der Waals surface area contributed by atoms with Gasteiger partial charge in [0.1, 0.15) is 12.3 Å². The number of nitrogens with zero attached hydrogens (tertiary/aromatic N) is 2. The summed E-state index contributed by atoms with van der Waals surface area (Å²) in [5, 5.41) is 22.0. The van der Waals surface area contributed by atoms with Crippen LogP contribution in [0.25, 0.3) is 0 Å². The average Bonchev–Trinajstić information content (AvgIpc) is 3.31. The highest BCUT2D eigenvalue weighted by Gasteiger charge is 2.35. The van der Waals surface area contributed by atoms with Gasteiger partial charge in [-0.25, -0.2) is 4.79 Å². The molecule has 1 aliphatic heterocycles. The van der Waals surface area contributed by atoms with Crippen LogP contribution in [0.4, 0.5) is 0 Å². The van der Waals surface area contributed by atoms with Gasteiger partial charge in [0.2, 0.25) is 0 Å². The number of aliphatic hydroxyl groups excluding tert-OH is 2. The molecule has 1 aromatic heterocycles. The first kappa shape index (κ1) is 25.5. The number of benzene rings is 2. The molecule has 5 rings (SSSR count). The summed E-state index contributed by atoms with van der Waals surface area (Å²) in [6, 6.07) is 10.8. The first-order valence-electron chi connectivity index (χ1n) is 12.1. The van der Waals surface area contributed by atoms with E-state index in [1.165, 1.54) is 35.9 Å². The molecule has 1 aliphatic carbocycles. The number of carbonyl (C=O) groups excluding carboxylic acids is 3. The van der Waals surface area contributed by atoms with E-state index in [2.05, 4.69) is 5.32 Å². The number of aliphatic hydroxyl groups is 2. The van der Waals surface area contributed by atoms with E-state index in [1.54, 1.807) is 24.3 Å². The van der Waals surface area contributed by atoms with E-state index >= 15 is 0 Å². The first-order valence-corrected chi connectivity index (χ1v) is 12.1. The molecule has 1 fully saturated rings. The Bertz CT molecular complexity index is 1590. The number of ketones is 2. The molecule has 0 saturated carbocycles. The highest BCUT2D eigenvalue weighted by Crippen LogP contribution is 2.28. The lowest BCUT2D eigenvalue weighted by atomic mass is 9.83. The Kier molecular flexibility index (Phi) is 6.66. The third kappa shape index (κ3) is 4.30. The predicted molar refractivity (Wildman–Crippen MR) is 133 cm³/mol. The van der Waals surface area contributed by atoms with Gasteiger partial charge in [-0.05, 0) is 25.1 Å².